The summed E-state index contributed by atoms with van der Waals surface area (Å²) in [6, 6.07) is 13.8. The molecule has 0 saturated heterocycles. The topological polar surface area (TPSA) is 29.5 Å². The van der Waals surface area contributed by atoms with E-state index in [0.717, 1.165) is 16.9 Å². The summed E-state index contributed by atoms with van der Waals surface area (Å²) in [5.41, 5.74) is 1.73. The highest BCUT2D eigenvalue weighted by Crippen LogP contribution is 2.13. The number of rotatable bonds is 6. The van der Waals surface area contributed by atoms with Gasteiger partial charge in [0.2, 0.25) is 5.91 Å². The number of hydrogen-bond acceptors (Lipinski definition) is 2. The number of benzene rings is 2. The molecule has 0 bridgehead atoms. The van der Waals surface area contributed by atoms with Gasteiger partial charge in [0.15, 0.2) is 0 Å². The van der Waals surface area contributed by atoms with Crippen LogP contribution in [0.25, 0.3) is 0 Å². The van der Waals surface area contributed by atoms with E-state index in [9.17, 15) is 9.18 Å². The van der Waals surface area contributed by atoms with E-state index in [-0.39, 0.29) is 11.7 Å². The second kappa shape index (κ2) is 7.59. The van der Waals surface area contributed by atoms with Gasteiger partial charge in [-0.25, -0.2) is 4.39 Å². The third-order valence-corrected chi connectivity index (χ3v) is 3.51. The molecule has 0 aliphatic carbocycles. The van der Waals surface area contributed by atoms with Gasteiger partial charge < -0.3 is 9.64 Å². The van der Waals surface area contributed by atoms with Gasteiger partial charge in [0, 0.05) is 13.1 Å². The molecule has 0 fully saturated rings. The lowest BCUT2D eigenvalue weighted by atomic mass is 10.1. The Balaban J connectivity index is 2.01. The Morgan fingerprint density at radius 3 is 2.45 bits per heavy atom. The third kappa shape index (κ3) is 4.32. The van der Waals surface area contributed by atoms with E-state index in [1.54, 1.807) is 18.1 Å². The van der Waals surface area contributed by atoms with Crippen molar-refractivity contribution in [2.45, 2.75) is 19.9 Å². The molecule has 0 N–H and O–H groups in total. The third-order valence-electron chi connectivity index (χ3n) is 3.51. The first-order valence-electron chi connectivity index (χ1n) is 7.27. The van der Waals surface area contributed by atoms with Crippen LogP contribution in [0.2, 0.25) is 0 Å². The molecular formula is C18H20FNO2. The number of nitrogens with zero attached hydrogens (tertiary/aromatic N) is 1. The zero-order chi connectivity index (χ0) is 15.9. The number of carbonyl (C=O) groups excluding carboxylic acids is 1. The molecule has 0 aliphatic heterocycles. The summed E-state index contributed by atoms with van der Waals surface area (Å²) >= 11 is 0. The second-order valence-corrected chi connectivity index (χ2v) is 5.06. The van der Waals surface area contributed by atoms with Crippen LogP contribution in [0.1, 0.15) is 18.1 Å². The Labute approximate surface area is 130 Å². The van der Waals surface area contributed by atoms with Gasteiger partial charge in [-0.3, -0.25) is 4.79 Å². The van der Waals surface area contributed by atoms with Crippen molar-refractivity contribution in [3.8, 4) is 5.75 Å². The van der Waals surface area contributed by atoms with Gasteiger partial charge in [0.05, 0.1) is 13.5 Å². The zero-order valence-corrected chi connectivity index (χ0v) is 12.9. The Bertz CT molecular complexity index is 625. The van der Waals surface area contributed by atoms with Crippen molar-refractivity contribution in [2.24, 2.45) is 0 Å². The summed E-state index contributed by atoms with van der Waals surface area (Å²) in [5, 5.41) is 0. The standard InChI is InChI=1S/C18H20FNO2/c1-3-20(13-15-5-4-6-16(19)11-15)18(21)12-14-7-9-17(22-2)10-8-14/h4-11H,3,12-13H2,1-2H3. The van der Waals surface area contributed by atoms with Gasteiger partial charge in [-0.05, 0) is 42.3 Å². The predicted octanol–water partition coefficient (Wildman–Crippen LogP) is 3.43. The summed E-state index contributed by atoms with van der Waals surface area (Å²) < 4.78 is 18.3. The van der Waals surface area contributed by atoms with E-state index in [0.29, 0.717) is 19.5 Å². The minimum atomic E-state index is -0.281. The minimum absolute atomic E-state index is 0.0249. The van der Waals surface area contributed by atoms with Crippen molar-refractivity contribution in [2.75, 3.05) is 13.7 Å². The quantitative estimate of drug-likeness (QED) is 0.818. The highest BCUT2D eigenvalue weighted by molar-refractivity contribution is 5.78. The Morgan fingerprint density at radius 1 is 1.14 bits per heavy atom. The zero-order valence-electron chi connectivity index (χ0n) is 12.9. The van der Waals surface area contributed by atoms with Crippen molar-refractivity contribution in [3.63, 3.8) is 0 Å². The van der Waals surface area contributed by atoms with Crippen LogP contribution in [0.5, 0.6) is 5.75 Å². The van der Waals surface area contributed by atoms with Gasteiger partial charge in [0.1, 0.15) is 11.6 Å². The molecule has 1 amide bonds. The smallest absolute Gasteiger partial charge is 0.227 e. The average Bonchev–Trinajstić information content (AvgIpc) is 2.53. The van der Waals surface area contributed by atoms with Crippen molar-refractivity contribution >= 4 is 5.91 Å². The summed E-state index contributed by atoms with van der Waals surface area (Å²) in [7, 11) is 1.61. The minimum Gasteiger partial charge on any atom is -0.497 e. The van der Waals surface area contributed by atoms with Crippen molar-refractivity contribution in [1.29, 1.82) is 0 Å². The fourth-order valence-electron chi connectivity index (χ4n) is 2.26. The van der Waals surface area contributed by atoms with E-state index in [2.05, 4.69) is 0 Å². The first kappa shape index (κ1) is 16.0. The molecule has 0 aromatic heterocycles. The van der Waals surface area contributed by atoms with E-state index in [1.165, 1.54) is 12.1 Å². The number of amides is 1. The first-order valence-corrected chi connectivity index (χ1v) is 7.27. The van der Waals surface area contributed by atoms with Crippen LogP contribution in [-0.4, -0.2) is 24.5 Å². The molecule has 2 aromatic rings. The van der Waals surface area contributed by atoms with Gasteiger partial charge in [-0.1, -0.05) is 24.3 Å². The normalized spacial score (nSPS) is 10.3. The second-order valence-electron chi connectivity index (χ2n) is 5.06. The summed E-state index contributed by atoms with van der Waals surface area (Å²) in [4.78, 5) is 14.1. The maximum atomic E-state index is 13.2. The van der Waals surface area contributed by atoms with Crippen LogP contribution in [0.15, 0.2) is 48.5 Å². The molecule has 4 heteroatoms. The fourth-order valence-corrected chi connectivity index (χ4v) is 2.26. The summed E-state index contributed by atoms with van der Waals surface area (Å²) in [5.74, 6) is 0.511. The highest BCUT2D eigenvalue weighted by Gasteiger charge is 2.13. The maximum absolute atomic E-state index is 13.2. The molecule has 0 radical (unpaired) electrons. The Hall–Kier alpha value is -2.36. The van der Waals surface area contributed by atoms with Gasteiger partial charge in [-0.15, -0.1) is 0 Å². The van der Waals surface area contributed by atoms with Gasteiger partial charge in [-0.2, -0.15) is 0 Å². The maximum Gasteiger partial charge on any atom is 0.227 e. The SMILES string of the molecule is CCN(Cc1cccc(F)c1)C(=O)Cc1ccc(OC)cc1. The number of likely N-dealkylation sites (N-methyl/N-ethyl adjacent to an activating group) is 1. The lowest BCUT2D eigenvalue weighted by molar-refractivity contribution is -0.130. The molecule has 0 heterocycles. The molecule has 22 heavy (non-hydrogen) atoms. The van der Waals surface area contributed by atoms with Crippen molar-refractivity contribution < 1.29 is 13.9 Å². The van der Waals surface area contributed by atoms with E-state index >= 15 is 0 Å². The number of ether oxygens (including phenoxy) is 1. The molecule has 0 aliphatic rings. The van der Waals surface area contributed by atoms with Crippen molar-refractivity contribution in [3.05, 3.63) is 65.5 Å². The van der Waals surface area contributed by atoms with Crippen LogP contribution in [0, 0.1) is 5.82 Å². The Morgan fingerprint density at radius 2 is 1.86 bits per heavy atom. The van der Waals surface area contributed by atoms with E-state index in [4.69, 9.17) is 4.74 Å². The molecule has 0 unspecified atom stereocenters. The molecule has 0 spiro atoms. The van der Waals surface area contributed by atoms with Crippen LogP contribution < -0.4 is 4.74 Å². The van der Waals surface area contributed by atoms with E-state index < -0.39 is 0 Å². The largest absolute Gasteiger partial charge is 0.497 e. The molecular weight excluding hydrogens is 281 g/mol. The lowest BCUT2D eigenvalue weighted by Crippen LogP contribution is -2.31. The van der Waals surface area contributed by atoms with Crippen LogP contribution in [-0.2, 0) is 17.8 Å². The van der Waals surface area contributed by atoms with Crippen LogP contribution in [0.4, 0.5) is 4.39 Å². The van der Waals surface area contributed by atoms with Gasteiger partial charge >= 0.3 is 0 Å². The number of hydrogen-bond donors (Lipinski definition) is 0. The molecule has 0 saturated carbocycles. The monoisotopic (exact) mass is 301 g/mol. The summed E-state index contributed by atoms with van der Waals surface area (Å²) in [6.45, 7) is 2.93. The average molecular weight is 301 g/mol. The van der Waals surface area contributed by atoms with Gasteiger partial charge in [0.25, 0.3) is 0 Å². The lowest BCUT2D eigenvalue weighted by Gasteiger charge is -2.21. The first-order chi connectivity index (χ1) is 10.6. The molecule has 3 nitrogen and oxygen atoms in total. The van der Waals surface area contributed by atoms with Crippen molar-refractivity contribution in [1.82, 2.24) is 4.90 Å². The molecule has 0 atom stereocenters. The summed E-state index contributed by atoms with van der Waals surface area (Å²) in [6.07, 6.45) is 0.327. The molecule has 2 aromatic carbocycles. The number of carbonyl (C=O) groups is 1. The highest BCUT2D eigenvalue weighted by atomic mass is 19.1. The molecule has 2 rings (SSSR count). The number of methoxy groups -OCH3 is 1. The van der Waals surface area contributed by atoms with E-state index in [1.807, 2.05) is 37.3 Å². The number of halogens is 1. The fraction of sp³-hybridized carbons (Fsp3) is 0.278. The predicted molar refractivity (Wildman–Crippen MR) is 84.2 cm³/mol. The Kier molecular flexibility index (Phi) is 5.53. The molecule has 116 valence electrons. The van der Waals surface area contributed by atoms with Crippen LogP contribution in [0.3, 0.4) is 0 Å². The van der Waals surface area contributed by atoms with Crippen LogP contribution >= 0.6 is 0 Å².